The summed E-state index contributed by atoms with van der Waals surface area (Å²) < 4.78 is 14.4. The highest BCUT2D eigenvalue weighted by atomic mass is 79.9. The number of likely N-dealkylation sites (tertiary alicyclic amines) is 1. The molecule has 0 saturated carbocycles. The van der Waals surface area contributed by atoms with E-state index in [0.717, 1.165) is 44.0 Å². The first kappa shape index (κ1) is 19.6. The number of nitrogens with one attached hydrogen (secondary N) is 1. The minimum absolute atomic E-state index is 0.115. The summed E-state index contributed by atoms with van der Waals surface area (Å²) in [6.45, 7) is 2.98. The van der Waals surface area contributed by atoms with Crippen molar-refractivity contribution >= 4 is 45.2 Å². The van der Waals surface area contributed by atoms with E-state index in [1.54, 1.807) is 6.07 Å². The molecule has 1 unspecified atom stereocenters. The van der Waals surface area contributed by atoms with Gasteiger partial charge in [0, 0.05) is 42.0 Å². The normalized spacial score (nSPS) is 21.0. The Morgan fingerprint density at radius 3 is 2.77 bits per heavy atom. The molecule has 3 rings (SSSR count). The average molecular weight is 444 g/mol. The Morgan fingerprint density at radius 2 is 2.04 bits per heavy atom. The molecule has 1 N–H and O–H groups in total. The third-order valence-corrected chi connectivity index (χ3v) is 6.24. The molecule has 0 radical (unpaired) electrons. The number of benzene rings is 1. The van der Waals surface area contributed by atoms with Gasteiger partial charge in [0.05, 0.1) is 11.7 Å². The Bertz CT molecular complexity index is 670. The van der Waals surface area contributed by atoms with E-state index in [4.69, 9.17) is 0 Å². The van der Waals surface area contributed by atoms with Crippen LogP contribution in [0, 0.1) is 5.82 Å². The van der Waals surface area contributed by atoms with Crippen molar-refractivity contribution in [3.63, 3.8) is 0 Å². The Balaban J connectivity index is 1.51. The predicted molar refractivity (Wildman–Crippen MR) is 106 cm³/mol. The van der Waals surface area contributed by atoms with Gasteiger partial charge < -0.3 is 10.2 Å². The molecule has 8 heteroatoms. The summed E-state index contributed by atoms with van der Waals surface area (Å²) in [6.07, 6.45) is 2.07. The first-order chi connectivity index (χ1) is 12.5. The topological polar surface area (TPSA) is 52.7 Å². The summed E-state index contributed by atoms with van der Waals surface area (Å²) in [5, 5.41) is 2.61. The van der Waals surface area contributed by atoms with Gasteiger partial charge in [0.25, 0.3) is 0 Å². The van der Waals surface area contributed by atoms with Gasteiger partial charge >= 0.3 is 0 Å². The smallest absolute Gasteiger partial charge is 0.239 e. The zero-order valence-corrected chi connectivity index (χ0v) is 17.0. The van der Waals surface area contributed by atoms with Crippen molar-refractivity contribution in [3.05, 3.63) is 28.5 Å². The van der Waals surface area contributed by atoms with Crippen molar-refractivity contribution in [1.82, 2.24) is 9.80 Å². The van der Waals surface area contributed by atoms with E-state index in [9.17, 15) is 14.0 Å². The molecule has 2 saturated heterocycles. The second-order valence-corrected chi connectivity index (χ2v) is 8.69. The van der Waals surface area contributed by atoms with Gasteiger partial charge in [-0.05, 0) is 37.6 Å². The average Bonchev–Trinajstić information content (AvgIpc) is 3.11. The Hall–Kier alpha value is -1.12. The zero-order chi connectivity index (χ0) is 18.5. The quantitative estimate of drug-likeness (QED) is 0.759. The van der Waals surface area contributed by atoms with Gasteiger partial charge in [-0.2, -0.15) is 11.8 Å². The van der Waals surface area contributed by atoms with Crippen LogP contribution in [0.1, 0.15) is 19.3 Å². The number of carbonyl (C=O) groups excluding carboxylic acids is 2. The van der Waals surface area contributed by atoms with Crippen LogP contribution in [0.4, 0.5) is 10.1 Å². The van der Waals surface area contributed by atoms with E-state index in [-0.39, 0.29) is 30.0 Å². The highest BCUT2D eigenvalue weighted by Gasteiger charge is 2.34. The predicted octanol–water partition coefficient (Wildman–Crippen LogP) is 2.96. The molecule has 1 atom stereocenters. The minimum Gasteiger partial charge on any atom is -0.340 e. The number of halogens is 2. The Kier molecular flexibility index (Phi) is 6.94. The molecule has 2 aliphatic rings. The molecule has 0 spiro atoms. The fourth-order valence-electron chi connectivity index (χ4n) is 3.42. The summed E-state index contributed by atoms with van der Waals surface area (Å²) in [5.74, 6) is 1.49. The lowest BCUT2D eigenvalue weighted by Gasteiger charge is -2.32. The van der Waals surface area contributed by atoms with Gasteiger partial charge in [-0.15, -0.1) is 0 Å². The Morgan fingerprint density at radius 1 is 1.27 bits per heavy atom. The molecule has 0 bridgehead atoms. The number of hydrogen-bond acceptors (Lipinski definition) is 4. The van der Waals surface area contributed by atoms with E-state index in [0.29, 0.717) is 11.0 Å². The third-order valence-electron chi connectivity index (χ3n) is 4.80. The molecule has 1 aromatic rings. The van der Waals surface area contributed by atoms with E-state index < -0.39 is 5.82 Å². The second-order valence-electron chi connectivity index (χ2n) is 6.55. The minimum atomic E-state index is -0.468. The maximum Gasteiger partial charge on any atom is 0.239 e. The molecule has 0 aromatic heterocycles. The number of rotatable bonds is 5. The van der Waals surface area contributed by atoms with Crippen molar-refractivity contribution in [2.45, 2.75) is 25.3 Å². The van der Waals surface area contributed by atoms with Crippen LogP contribution in [0.25, 0.3) is 0 Å². The van der Waals surface area contributed by atoms with Crippen LogP contribution >= 0.6 is 27.7 Å². The van der Waals surface area contributed by atoms with Gasteiger partial charge in [0.1, 0.15) is 5.82 Å². The lowest BCUT2D eigenvalue weighted by atomic mass is 10.2. The number of anilines is 1. The third kappa shape index (κ3) is 4.98. The van der Waals surface area contributed by atoms with Crippen LogP contribution in [0.2, 0.25) is 0 Å². The van der Waals surface area contributed by atoms with E-state index in [1.165, 1.54) is 12.1 Å². The van der Waals surface area contributed by atoms with Crippen LogP contribution in [-0.2, 0) is 9.59 Å². The van der Waals surface area contributed by atoms with E-state index >= 15 is 0 Å². The van der Waals surface area contributed by atoms with Gasteiger partial charge in [0.15, 0.2) is 0 Å². The number of hydrogen-bond donors (Lipinski definition) is 1. The molecule has 1 aromatic carbocycles. The van der Waals surface area contributed by atoms with Crippen LogP contribution in [0.3, 0.4) is 0 Å². The SMILES string of the molecule is O=C(CCN1CCCC1C(=O)N1CCSCC1)Nc1ccc(Br)cc1F. The zero-order valence-electron chi connectivity index (χ0n) is 14.5. The fourth-order valence-corrected chi connectivity index (χ4v) is 4.65. The number of amides is 2. The molecular formula is C18H23BrFN3O2S. The lowest BCUT2D eigenvalue weighted by molar-refractivity contribution is -0.136. The van der Waals surface area contributed by atoms with E-state index in [1.807, 2.05) is 16.7 Å². The van der Waals surface area contributed by atoms with Crippen molar-refractivity contribution in [2.24, 2.45) is 0 Å². The van der Waals surface area contributed by atoms with Gasteiger partial charge in [-0.1, -0.05) is 15.9 Å². The molecule has 2 fully saturated rings. The van der Waals surface area contributed by atoms with Crippen LogP contribution in [-0.4, -0.2) is 65.3 Å². The van der Waals surface area contributed by atoms with E-state index in [2.05, 4.69) is 26.1 Å². The fraction of sp³-hybridized carbons (Fsp3) is 0.556. The molecular weight excluding hydrogens is 421 g/mol. The molecule has 0 aliphatic carbocycles. The van der Waals surface area contributed by atoms with Crippen molar-refractivity contribution in [2.75, 3.05) is 43.0 Å². The highest BCUT2D eigenvalue weighted by Crippen LogP contribution is 2.22. The van der Waals surface area contributed by atoms with Crippen molar-refractivity contribution in [3.8, 4) is 0 Å². The van der Waals surface area contributed by atoms with Gasteiger partial charge in [-0.3, -0.25) is 14.5 Å². The standard InChI is InChI=1S/C18H23BrFN3O2S/c19-13-3-4-15(14(20)12-13)21-17(24)5-7-22-6-1-2-16(22)18(25)23-8-10-26-11-9-23/h3-4,12,16H,1-2,5-11H2,(H,21,24). The maximum atomic E-state index is 13.8. The molecule has 2 amide bonds. The molecule has 5 nitrogen and oxygen atoms in total. The van der Waals surface area contributed by atoms with Crippen LogP contribution in [0.15, 0.2) is 22.7 Å². The summed E-state index contributed by atoms with van der Waals surface area (Å²) in [6, 6.07) is 4.43. The number of thioether (sulfide) groups is 1. The van der Waals surface area contributed by atoms with Crippen molar-refractivity contribution in [1.29, 1.82) is 0 Å². The van der Waals surface area contributed by atoms with Crippen LogP contribution in [0.5, 0.6) is 0 Å². The molecule has 26 heavy (non-hydrogen) atoms. The summed E-state index contributed by atoms with van der Waals surface area (Å²) in [5.41, 5.74) is 0.179. The maximum absolute atomic E-state index is 13.8. The number of carbonyl (C=O) groups is 2. The molecule has 142 valence electrons. The summed E-state index contributed by atoms with van der Waals surface area (Å²) in [7, 11) is 0. The Labute approximate surface area is 165 Å². The highest BCUT2D eigenvalue weighted by molar-refractivity contribution is 9.10. The van der Waals surface area contributed by atoms with Gasteiger partial charge in [-0.25, -0.2) is 4.39 Å². The molecule has 2 aliphatic heterocycles. The largest absolute Gasteiger partial charge is 0.340 e. The first-order valence-corrected chi connectivity index (χ1v) is 10.8. The summed E-state index contributed by atoms with van der Waals surface area (Å²) in [4.78, 5) is 29.0. The first-order valence-electron chi connectivity index (χ1n) is 8.90. The van der Waals surface area contributed by atoms with Crippen LogP contribution < -0.4 is 5.32 Å². The lowest BCUT2D eigenvalue weighted by Crippen LogP contribution is -2.48. The second kappa shape index (κ2) is 9.19. The summed E-state index contributed by atoms with van der Waals surface area (Å²) >= 11 is 5.08. The van der Waals surface area contributed by atoms with Crippen molar-refractivity contribution < 1.29 is 14.0 Å². The monoisotopic (exact) mass is 443 g/mol. The van der Waals surface area contributed by atoms with Gasteiger partial charge in [0.2, 0.25) is 11.8 Å². The number of nitrogens with zero attached hydrogens (tertiary/aromatic N) is 2. The molecule has 2 heterocycles.